The molecule has 13 heavy (non-hydrogen) atoms. The highest BCUT2D eigenvalue weighted by Gasteiger charge is 2.25. The SMILES string of the molecule is Fc1c(F)c(F)c(SCl)c(F)c1F. The van der Waals surface area contributed by atoms with Gasteiger partial charge in [-0.3, -0.25) is 0 Å². The zero-order valence-electron chi connectivity index (χ0n) is 5.68. The lowest BCUT2D eigenvalue weighted by atomic mass is 10.3. The predicted molar refractivity (Wildman–Crippen MR) is 37.9 cm³/mol. The molecule has 0 aliphatic heterocycles. The molecular weight excluding hydrogens is 235 g/mol. The number of hydrogen-bond acceptors (Lipinski definition) is 1. The molecule has 0 aliphatic rings. The first-order valence-electron chi connectivity index (χ1n) is 2.80. The molecule has 0 radical (unpaired) electrons. The number of benzene rings is 1. The van der Waals surface area contributed by atoms with Gasteiger partial charge in [0.25, 0.3) is 0 Å². The molecule has 0 fully saturated rings. The average Bonchev–Trinajstić information content (AvgIpc) is 2.13. The standard InChI is InChI=1S/C6ClF5S/c7-13-6-4(11)2(9)1(8)3(10)5(6)12. The smallest absolute Gasteiger partial charge is 0.200 e. The Morgan fingerprint density at radius 2 is 1.00 bits per heavy atom. The lowest BCUT2D eigenvalue weighted by Gasteiger charge is -2.03. The molecule has 1 rings (SSSR count). The van der Waals surface area contributed by atoms with Gasteiger partial charge in [0.2, 0.25) is 5.82 Å². The van der Waals surface area contributed by atoms with E-state index in [9.17, 15) is 22.0 Å². The van der Waals surface area contributed by atoms with Gasteiger partial charge in [0.05, 0.1) is 0 Å². The maximum atomic E-state index is 12.6. The fourth-order valence-corrected chi connectivity index (χ4v) is 1.37. The van der Waals surface area contributed by atoms with Gasteiger partial charge >= 0.3 is 0 Å². The molecule has 0 heterocycles. The Hall–Kier alpha value is -0.490. The minimum Gasteiger partial charge on any atom is -0.202 e. The van der Waals surface area contributed by atoms with Crippen LogP contribution >= 0.6 is 21.7 Å². The average molecular weight is 235 g/mol. The van der Waals surface area contributed by atoms with E-state index in [0.29, 0.717) is 0 Å². The second-order valence-electron chi connectivity index (χ2n) is 1.98. The molecule has 0 N–H and O–H groups in total. The Morgan fingerprint density at radius 1 is 0.692 bits per heavy atom. The van der Waals surface area contributed by atoms with Crippen LogP contribution in [0.4, 0.5) is 22.0 Å². The molecule has 1 aromatic rings. The zero-order valence-corrected chi connectivity index (χ0v) is 7.25. The van der Waals surface area contributed by atoms with Crippen molar-refractivity contribution in [2.45, 2.75) is 4.90 Å². The fourth-order valence-electron chi connectivity index (χ4n) is 0.652. The van der Waals surface area contributed by atoms with E-state index in [0.717, 1.165) is 0 Å². The van der Waals surface area contributed by atoms with Gasteiger partial charge in [0, 0.05) is 0 Å². The number of halogens is 6. The molecule has 0 aliphatic carbocycles. The third-order valence-electron chi connectivity index (χ3n) is 1.25. The van der Waals surface area contributed by atoms with Gasteiger partial charge in [-0.2, -0.15) is 0 Å². The summed E-state index contributed by atoms with van der Waals surface area (Å²) >= 11 is 0. The Balaban J connectivity index is 3.56. The van der Waals surface area contributed by atoms with Gasteiger partial charge in [-0.05, 0) is 21.7 Å². The largest absolute Gasteiger partial charge is 0.202 e. The van der Waals surface area contributed by atoms with Crippen LogP contribution in [-0.2, 0) is 0 Å². The summed E-state index contributed by atoms with van der Waals surface area (Å²) in [5.74, 6) is -10.0. The van der Waals surface area contributed by atoms with Crippen molar-refractivity contribution in [1.29, 1.82) is 0 Å². The molecule has 0 bridgehead atoms. The van der Waals surface area contributed by atoms with Gasteiger partial charge in [-0.25, -0.2) is 22.0 Å². The first-order chi connectivity index (χ1) is 6.00. The molecule has 0 saturated heterocycles. The van der Waals surface area contributed by atoms with E-state index in [1.807, 2.05) is 0 Å². The van der Waals surface area contributed by atoms with Crippen molar-refractivity contribution in [2.75, 3.05) is 0 Å². The van der Waals surface area contributed by atoms with E-state index in [-0.39, 0.29) is 11.0 Å². The van der Waals surface area contributed by atoms with E-state index < -0.39 is 34.0 Å². The van der Waals surface area contributed by atoms with Crippen LogP contribution in [0.3, 0.4) is 0 Å². The first-order valence-corrected chi connectivity index (χ1v) is 4.45. The van der Waals surface area contributed by atoms with Crippen LogP contribution in [0.15, 0.2) is 4.90 Å². The minimum atomic E-state index is -2.19. The second-order valence-corrected chi connectivity index (χ2v) is 3.00. The van der Waals surface area contributed by atoms with Crippen LogP contribution < -0.4 is 0 Å². The van der Waals surface area contributed by atoms with Crippen molar-refractivity contribution in [3.8, 4) is 0 Å². The molecule has 0 atom stereocenters. The fraction of sp³-hybridized carbons (Fsp3) is 0. The number of rotatable bonds is 1. The van der Waals surface area contributed by atoms with Crippen LogP contribution in [0.25, 0.3) is 0 Å². The molecule has 0 unspecified atom stereocenters. The summed E-state index contributed by atoms with van der Waals surface area (Å²) in [5, 5.41) is 0. The monoisotopic (exact) mass is 234 g/mol. The van der Waals surface area contributed by atoms with Crippen LogP contribution in [0.1, 0.15) is 0 Å². The van der Waals surface area contributed by atoms with Crippen molar-refractivity contribution >= 4 is 21.7 Å². The molecule has 7 heteroatoms. The van der Waals surface area contributed by atoms with Crippen LogP contribution in [0.2, 0.25) is 0 Å². The molecule has 1 aromatic carbocycles. The van der Waals surface area contributed by atoms with E-state index in [1.54, 1.807) is 0 Å². The summed E-state index contributed by atoms with van der Waals surface area (Å²) in [6.07, 6.45) is 0. The third-order valence-corrected chi connectivity index (χ3v) is 2.22. The Labute approximate surface area is 78.2 Å². The van der Waals surface area contributed by atoms with Crippen LogP contribution in [-0.4, -0.2) is 0 Å². The minimum absolute atomic E-state index is 0.0654. The van der Waals surface area contributed by atoms with E-state index in [2.05, 4.69) is 0 Å². The Kier molecular flexibility index (Phi) is 3.02. The van der Waals surface area contributed by atoms with E-state index in [4.69, 9.17) is 10.7 Å². The summed E-state index contributed by atoms with van der Waals surface area (Å²) < 4.78 is 62.2. The lowest BCUT2D eigenvalue weighted by Crippen LogP contribution is -2.02. The van der Waals surface area contributed by atoms with Gasteiger partial charge in [0.1, 0.15) is 4.90 Å². The Morgan fingerprint density at radius 3 is 1.31 bits per heavy atom. The summed E-state index contributed by atoms with van der Waals surface area (Å²) in [7, 11) is 4.85. The van der Waals surface area contributed by atoms with Crippen molar-refractivity contribution < 1.29 is 22.0 Å². The van der Waals surface area contributed by atoms with Crippen LogP contribution in [0.5, 0.6) is 0 Å². The van der Waals surface area contributed by atoms with Gasteiger partial charge in [-0.15, -0.1) is 0 Å². The molecule has 0 amide bonds. The summed E-state index contributed by atoms with van der Waals surface area (Å²) in [6.45, 7) is 0. The summed E-state index contributed by atoms with van der Waals surface area (Å²) in [4.78, 5) is -1.10. The van der Waals surface area contributed by atoms with Crippen molar-refractivity contribution in [3.63, 3.8) is 0 Å². The van der Waals surface area contributed by atoms with Crippen molar-refractivity contribution in [1.82, 2.24) is 0 Å². The maximum Gasteiger partial charge on any atom is 0.200 e. The normalized spacial score (nSPS) is 10.6. The molecule has 0 nitrogen and oxygen atoms in total. The van der Waals surface area contributed by atoms with Gasteiger partial charge < -0.3 is 0 Å². The molecular formula is C6ClF5S. The summed E-state index contributed by atoms with van der Waals surface area (Å²) in [5.41, 5.74) is 0. The van der Waals surface area contributed by atoms with E-state index in [1.165, 1.54) is 0 Å². The molecule has 0 spiro atoms. The highest BCUT2D eigenvalue weighted by molar-refractivity contribution is 8.21. The van der Waals surface area contributed by atoms with Gasteiger partial charge in [0.15, 0.2) is 23.3 Å². The lowest BCUT2D eigenvalue weighted by molar-refractivity contribution is 0.361. The van der Waals surface area contributed by atoms with Gasteiger partial charge in [-0.1, -0.05) is 0 Å². The first kappa shape index (κ1) is 10.6. The topological polar surface area (TPSA) is 0 Å². The molecule has 0 aromatic heterocycles. The maximum absolute atomic E-state index is 12.6. The van der Waals surface area contributed by atoms with Crippen LogP contribution in [0, 0.1) is 29.1 Å². The number of hydrogen-bond donors (Lipinski definition) is 0. The molecule has 72 valence electrons. The second kappa shape index (κ2) is 3.71. The van der Waals surface area contributed by atoms with Crippen molar-refractivity contribution in [3.05, 3.63) is 29.1 Å². The molecule has 0 saturated carbocycles. The third kappa shape index (κ3) is 1.60. The highest BCUT2D eigenvalue weighted by atomic mass is 35.7. The summed E-state index contributed by atoms with van der Waals surface area (Å²) in [6, 6.07) is 0. The predicted octanol–water partition coefficient (Wildman–Crippen LogP) is 3.63. The Bertz CT molecular complexity index is 324. The van der Waals surface area contributed by atoms with Crippen molar-refractivity contribution in [2.24, 2.45) is 0 Å². The quantitative estimate of drug-likeness (QED) is 0.406. The van der Waals surface area contributed by atoms with E-state index >= 15 is 0 Å². The zero-order chi connectivity index (χ0) is 10.2. The highest BCUT2D eigenvalue weighted by Crippen LogP contribution is 2.32.